The molecule has 2 aromatic heterocycles. The van der Waals surface area contributed by atoms with Crippen LogP contribution >= 0.6 is 0 Å². The number of anilines is 4. The van der Waals surface area contributed by atoms with Crippen molar-refractivity contribution in [3.63, 3.8) is 0 Å². The van der Waals surface area contributed by atoms with Crippen LogP contribution in [0.3, 0.4) is 0 Å². The van der Waals surface area contributed by atoms with Gasteiger partial charge in [0.1, 0.15) is 24.0 Å². The van der Waals surface area contributed by atoms with Crippen LogP contribution in [0.4, 0.5) is 23.0 Å². The molecule has 0 aliphatic carbocycles. The first-order valence-electron chi connectivity index (χ1n) is 11.1. The van der Waals surface area contributed by atoms with E-state index in [2.05, 4.69) is 56.7 Å². The molecule has 168 valence electrons. The van der Waals surface area contributed by atoms with Gasteiger partial charge in [0, 0.05) is 54.9 Å². The van der Waals surface area contributed by atoms with Crippen molar-refractivity contribution in [1.29, 1.82) is 0 Å². The molecule has 8 heteroatoms. The number of aromatic nitrogens is 2. The number of hydrogen-bond acceptors (Lipinski definition) is 8. The molecule has 2 aliphatic rings. The van der Waals surface area contributed by atoms with E-state index in [4.69, 9.17) is 10.7 Å². The fraction of sp³-hybridized carbons (Fsp3) is 0.240. The average molecular weight is 442 g/mol. The summed E-state index contributed by atoms with van der Waals surface area (Å²) >= 11 is 0. The van der Waals surface area contributed by atoms with Gasteiger partial charge < -0.3 is 31.0 Å². The van der Waals surface area contributed by atoms with Crippen LogP contribution < -0.4 is 21.3 Å². The Bertz CT molecular complexity index is 1170. The number of carbonyl (C=O) groups excluding carboxylic acids is 1. The van der Waals surface area contributed by atoms with Crippen LogP contribution in [0.15, 0.2) is 54.9 Å². The molecule has 1 unspecified atom stereocenters. The van der Waals surface area contributed by atoms with Crippen molar-refractivity contribution in [3.8, 4) is 11.3 Å². The fourth-order valence-corrected chi connectivity index (χ4v) is 4.23. The molecule has 0 radical (unpaired) electrons. The highest BCUT2D eigenvalue weighted by molar-refractivity contribution is 5.80. The molecule has 0 amide bonds. The topological polar surface area (TPSA) is 99.4 Å². The molecule has 0 bridgehead atoms. The third-order valence-corrected chi connectivity index (χ3v) is 6.16. The van der Waals surface area contributed by atoms with Crippen LogP contribution in [0.2, 0.25) is 0 Å². The number of carbonyl (C=O) groups is 1. The van der Waals surface area contributed by atoms with Gasteiger partial charge in [0.2, 0.25) is 0 Å². The second-order valence-electron chi connectivity index (χ2n) is 8.41. The Hall–Kier alpha value is -3.91. The number of nitrogen functional groups attached to an aromatic ring is 1. The van der Waals surface area contributed by atoms with Crippen molar-refractivity contribution in [2.75, 3.05) is 49.2 Å². The van der Waals surface area contributed by atoms with Crippen molar-refractivity contribution >= 4 is 35.4 Å². The number of nitrogens with one attached hydrogen (secondary N) is 2. The van der Waals surface area contributed by atoms with E-state index in [0.717, 1.165) is 60.5 Å². The number of rotatable bonds is 5. The van der Waals surface area contributed by atoms with Gasteiger partial charge >= 0.3 is 0 Å². The fourth-order valence-electron chi connectivity index (χ4n) is 4.23. The molecule has 5 rings (SSSR count). The Morgan fingerprint density at radius 2 is 1.91 bits per heavy atom. The lowest BCUT2D eigenvalue weighted by molar-refractivity contribution is -0.109. The molecule has 8 nitrogen and oxygen atoms in total. The molecule has 0 saturated carbocycles. The maximum Gasteiger partial charge on any atom is 0.146 e. The molecule has 0 spiro atoms. The van der Waals surface area contributed by atoms with Crippen molar-refractivity contribution in [1.82, 2.24) is 20.2 Å². The molecule has 1 fully saturated rings. The summed E-state index contributed by atoms with van der Waals surface area (Å²) in [5.41, 5.74) is 11.2. The summed E-state index contributed by atoms with van der Waals surface area (Å²) in [5.74, 6) is 1.10. The van der Waals surface area contributed by atoms with Crippen LogP contribution in [0.5, 0.6) is 0 Å². The Balaban J connectivity index is 1.47. The number of hydrogen-bond donors (Lipinski definition) is 3. The summed E-state index contributed by atoms with van der Waals surface area (Å²) in [7, 11) is 2.16. The number of aldehydes is 1. The molecule has 3 aromatic rings. The van der Waals surface area contributed by atoms with E-state index in [1.54, 1.807) is 18.5 Å². The lowest BCUT2D eigenvalue weighted by atomic mass is 9.97. The van der Waals surface area contributed by atoms with Crippen molar-refractivity contribution in [3.05, 3.63) is 66.0 Å². The Labute approximate surface area is 193 Å². The van der Waals surface area contributed by atoms with E-state index < -0.39 is 6.04 Å². The largest absolute Gasteiger partial charge is 0.384 e. The molecule has 2 aliphatic heterocycles. The summed E-state index contributed by atoms with van der Waals surface area (Å²) in [6.45, 7) is 4.18. The third-order valence-electron chi connectivity index (χ3n) is 6.16. The summed E-state index contributed by atoms with van der Waals surface area (Å²) in [6.07, 6.45) is 6.35. The molecule has 4 heterocycles. The zero-order valence-electron chi connectivity index (χ0n) is 18.5. The summed E-state index contributed by atoms with van der Waals surface area (Å²) in [5, 5.41) is 6.54. The van der Waals surface area contributed by atoms with Gasteiger partial charge in [-0.25, -0.2) is 9.97 Å². The minimum absolute atomic E-state index is 0.459. The lowest BCUT2D eigenvalue weighted by Gasteiger charge is -2.34. The highest BCUT2D eigenvalue weighted by Crippen LogP contribution is 2.34. The molecule has 1 aromatic carbocycles. The SMILES string of the molecule is CN1CCN(c2ccc(Nc3nc(-c4ccc(N)nc4)cc4c3C(C=O)NC=C4)cc2)CC1. The zero-order chi connectivity index (χ0) is 22.8. The maximum absolute atomic E-state index is 11.8. The monoisotopic (exact) mass is 441 g/mol. The molecular weight excluding hydrogens is 414 g/mol. The number of likely N-dealkylation sites (N-methyl/N-ethyl adjacent to an activating group) is 1. The summed E-state index contributed by atoms with van der Waals surface area (Å²) < 4.78 is 0. The molecule has 1 saturated heterocycles. The van der Waals surface area contributed by atoms with Gasteiger partial charge in [-0.1, -0.05) is 0 Å². The lowest BCUT2D eigenvalue weighted by Crippen LogP contribution is -2.44. The van der Waals surface area contributed by atoms with E-state index in [0.29, 0.717) is 11.6 Å². The first kappa shape index (κ1) is 21.0. The first-order valence-corrected chi connectivity index (χ1v) is 11.1. The average Bonchev–Trinajstić information content (AvgIpc) is 2.85. The number of benzene rings is 1. The van der Waals surface area contributed by atoms with Crippen molar-refractivity contribution in [2.24, 2.45) is 0 Å². The number of pyridine rings is 2. The van der Waals surface area contributed by atoms with Gasteiger partial charge in [-0.3, -0.25) is 0 Å². The zero-order valence-corrected chi connectivity index (χ0v) is 18.5. The highest BCUT2D eigenvalue weighted by atomic mass is 16.1. The Morgan fingerprint density at radius 3 is 2.61 bits per heavy atom. The van der Waals surface area contributed by atoms with Crippen LogP contribution in [-0.2, 0) is 4.79 Å². The Morgan fingerprint density at radius 1 is 1.12 bits per heavy atom. The van der Waals surface area contributed by atoms with E-state index in [-0.39, 0.29) is 0 Å². The van der Waals surface area contributed by atoms with E-state index in [9.17, 15) is 4.79 Å². The minimum Gasteiger partial charge on any atom is -0.384 e. The quantitative estimate of drug-likeness (QED) is 0.520. The van der Waals surface area contributed by atoms with Gasteiger partial charge in [-0.15, -0.1) is 0 Å². The molecule has 1 atom stereocenters. The van der Waals surface area contributed by atoms with Crippen molar-refractivity contribution in [2.45, 2.75) is 6.04 Å². The Kier molecular flexibility index (Phi) is 5.66. The van der Waals surface area contributed by atoms with Crippen molar-refractivity contribution < 1.29 is 4.79 Å². The minimum atomic E-state index is -0.469. The summed E-state index contributed by atoms with van der Waals surface area (Å²) in [4.78, 5) is 25.6. The van der Waals surface area contributed by atoms with Gasteiger partial charge in [0.15, 0.2) is 0 Å². The second-order valence-corrected chi connectivity index (χ2v) is 8.41. The standard InChI is InChI=1S/C25H27N7O/c1-31-10-12-32(13-11-31)20-5-3-19(4-6-20)29-25-24-17(8-9-27-22(24)16-33)14-21(30-25)18-2-7-23(26)28-15-18/h2-9,14-16,22,27H,10-13H2,1H3,(H2,26,28)(H,29,30). The summed E-state index contributed by atoms with van der Waals surface area (Å²) in [6, 6.07) is 13.5. The molecule has 4 N–H and O–H groups in total. The van der Waals surface area contributed by atoms with Gasteiger partial charge in [0.25, 0.3) is 0 Å². The third kappa shape index (κ3) is 4.38. The van der Waals surface area contributed by atoms with E-state index in [1.807, 2.05) is 18.2 Å². The number of nitrogens with two attached hydrogens (primary N) is 1. The van der Waals surface area contributed by atoms with Crippen LogP contribution in [0, 0.1) is 0 Å². The van der Waals surface area contributed by atoms with Gasteiger partial charge in [-0.05, 0) is 67.4 Å². The van der Waals surface area contributed by atoms with Gasteiger partial charge in [-0.2, -0.15) is 0 Å². The predicted molar refractivity (Wildman–Crippen MR) is 132 cm³/mol. The highest BCUT2D eigenvalue weighted by Gasteiger charge is 2.23. The van der Waals surface area contributed by atoms with Crippen LogP contribution in [-0.4, -0.2) is 54.4 Å². The predicted octanol–water partition coefficient (Wildman–Crippen LogP) is 3.04. The maximum atomic E-state index is 11.8. The number of fused-ring (bicyclic) bond motifs is 1. The van der Waals surface area contributed by atoms with Gasteiger partial charge in [0.05, 0.1) is 5.69 Å². The van der Waals surface area contributed by atoms with E-state index >= 15 is 0 Å². The van der Waals surface area contributed by atoms with Crippen LogP contribution in [0.25, 0.3) is 17.3 Å². The molecular formula is C25H27N7O. The first-order chi connectivity index (χ1) is 16.1. The number of nitrogens with zero attached hydrogens (tertiary/aromatic N) is 4. The number of piperazine rings is 1. The van der Waals surface area contributed by atoms with Crippen LogP contribution in [0.1, 0.15) is 17.2 Å². The normalized spacial score (nSPS) is 17.8. The van der Waals surface area contributed by atoms with E-state index in [1.165, 1.54) is 5.69 Å². The second kappa shape index (κ2) is 8.91. The smallest absolute Gasteiger partial charge is 0.146 e. The molecule has 33 heavy (non-hydrogen) atoms.